The second kappa shape index (κ2) is 7.47. The fourth-order valence-electron chi connectivity index (χ4n) is 2.83. The fraction of sp³-hybridized carbons (Fsp3) is 0.300. The highest BCUT2D eigenvalue weighted by Crippen LogP contribution is 2.30. The first kappa shape index (κ1) is 17.1. The first-order chi connectivity index (χ1) is 12.0. The molecule has 1 N–H and O–H groups in total. The van der Waals surface area contributed by atoms with Crippen LogP contribution in [0.5, 0.6) is 0 Å². The fourth-order valence-corrected chi connectivity index (χ4v) is 2.83. The van der Waals surface area contributed by atoms with Crippen molar-refractivity contribution in [1.29, 1.82) is 0 Å². The zero-order chi connectivity index (χ0) is 17.8. The Labute approximate surface area is 145 Å². The van der Waals surface area contributed by atoms with E-state index in [1.165, 1.54) is 18.2 Å². The quantitative estimate of drug-likeness (QED) is 0.838. The minimum Gasteiger partial charge on any atom is -0.478 e. The van der Waals surface area contributed by atoms with E-state index in [2.05, 4.69) is 0 Å². The average Bonchev–Trinajstić information content (AvgIpc) is 3.40. The van der Waals surface area contributed by atoms with Gasteiger partial charge in [0.05, 0.1) is 12.0 Å². The number of halogens is 1. The molecule has 1 aliphatic carbocycles. The van der Waals surface area contributed by atoms with Crippen molar-refractivity contribution < 1.29 is 19.1 Å². The Balaban J connectivity index is 1.75. The minimum atomic E-state index is -1.03. The summed E-state index contributed by atoms with van der Waals surface area (Å²) in [5.41, 5.74) is 1.53. The van der Waals surface area contributed by atoms with Crippen LogP contribution in [0.2, 0.25) is 0 Å². The molecule has 3 rings (SSSR count). The first-order valence-corrected chi connectivity index (χ1v) is 8.36. The molecule has 4 nitrogen and oxygen atoms in total. The van der Waals surface area contributed by atoms with Crippen molar-refractivity contribution in [1.82, 2.24) is 4.90 Å². The number of amides is 1. The molecule has 2 aromatic carbocycles. The lowest BCUT2D eigenvalue weighted by Gasteiger charge is -2.23. The maximum atomic E-state index is 13.1. The van der Waals surface area contributed by atoms with Crippen LogP contribution >= 0.6 is 0 Å². The summed E-state index contributed by atoms with van der Waals surface area (Å²) in [6, 6.07) is 12.7. The van der Waals surface area contributed by atoms with Crippen molar-refractivity contribution in [3.05, 3.63) is 71.0 Å². The van der Waals surface area contributed by atoms with Crippen LogP contribution in [0.1, 0.15) is 34.3 Å². The van der Waals surface area contributed by atoms with Crippen molar-refractivity contribution in [2.45, 2.75) is 25.8 Å². The molecule has 0 atom stereocenters. The van der Waals surface area contributed by atoms with Gasteiger partial charge in [0, 0.05) is 13.1 Å². The molecule has 0 bridgehead atoms. The number of hydrogen-bond donors (Lipinski definition) is 1. The summed E-state index contributed by atoms with van der Waals surface area (Å²) >= 11 is 0. The van der Waals surface area contributed by atoms with E-state index in [9.17, 15) is 19.1 Å². The first-order valence-electron chi connectivity index (χ1n) is 8.36. The van der Waals surface area contributed by atoms with E-state index in [0.29, 0.717) is 24.6 Å². The normalized spacial score (nSPS) is 13.5. The number of nitrogens with zero attached hydrogens (tertiary/aromatic N) is 1. The predicted octanol–water partition coefficient (Wildman–Crippen LogP) is 3.51. The molecule has 0 spiro atoms. The molecule has 0 aromatic heterocycles. The van der Waals surface area contributed by atoms with Crippen LogP contribution in [-0.4, -0.2) is 28.4 Å². The van der Waals surface area contributed by atoms with E-state index in [1.807, 2.05) is 0 Å². The molecular formula is C20H20FNO3. The molecule has 1 amide bonds. The van der Waals surface area contributed by atoms with Gasteiger partial charge in [-0.05, 0) is 48.1 Å². The van der Waals surface area contributed by atoms with Gasteiger partial charge in [0.25, 0.3) is 0 Å². The Kier molecular flexibility index (Phi) is 5.12. The highest BCUT2D eigenvalue weighted by molar-refractivity contribution is 5.91. The lowest BCUT2D eigenvalue weighted by atomic mass is 10.0. The van der Waals surface area contributed by atoms with Crippen LogP contribution in [0.3, 0.4) is 0 Å². The topological polar surface area (TPSA) is 57.6 Å². The molecule has 0 saturated heterocycles. The van der Waals surface area contributed by atoms with Crippen LogP contribution < -0.4 is 0 Å². The number of aromatic carboxylic acids is 1. The Hall–Kier alpha value is -2.69. The maximum absolute atomic E-state index is 13.1. The predicted molar refractivity (Wildman–Crippen MR) is 91.6 cm³/mol. The molecule has 0 radical (unpaired) electrons. The Bertz CT molecular complexity index is 769. The molecule has 0 heterocycles. The van der Waals surface area contributed by atoms with Gasteiger partial charge in [0.2, 0.25) is 5.91 Å². The van der Waals surface area contributed by atoms with Crippen molar-refractivity contribution in [2.24, 2.45) is 5.92 Å². The van der Waals surface area contributed by atoms with E-state index in [1.54, 1.807) is 35.2 Å². The molecule has 130 valence electrons. The minimum absolute atomic E-state index is 0.0520. The Morgan fingerprint density at radius 1 is 1.08 bits per heavy atom. The summed E-state index contributed by atoms with van der Waals surface area (Å²) < 4.78 is 13.1. The number of carbonyl (C=O) groups is 2. The molecule has 5 heteroatoms. The van der Waals surface area contributed by atoms with Crippen molar-refractivity contribution in [2.75, 3.05) is 6.54 Å². The summed E-state index contributed by atoms with van der Waals surface area (Å²) in [7, 11) is 0. The number of benzene rings is 2. The summed E-state index contributed by atoms with van der Waals surface area (Å²) in [4.78, 5) is 25.9. The zero-order valence-corrected chi connectivity index (χ0v) is 13.8. The van der Waals surface area contributed by atoms with Gasteiger partial charge in [-0.25, -0.2) is 9.18 Å². The van der Waals surface area contributed by atoms with Crippen molar-refractivity contribution in [3.63, 3.8) is 0 Å². The summed E-state index contributed by atoms with van der Waals surface area (Å²) in [6.07, 6.45) is 2.27. The van der Waals surface area contributed by atoms with Gasteiger partial charge in [-0.2, -0.15) is 0 Å². The number of carbonyl (C=O) groups excluding carboxylic acids is 1. The van der Waals surface area contributed by atoms with Crippen LogP contribution in [0.25, 0.3) is 0 Å². The van der Waals surface area contributed by atoms with E-state index >= 15 is 0 Å². The van der Waals surface area contributed by atoms with Crippen molar-refractivity contribution >= 4 is 11.9 Å². The lowest BCUT2D eigenvalue weighted by Crippen LogP contribution is -2.34. The van der Waals surface area contributed by atoms with Crippen LogP contribution in [0, 0.1) is 11.7 Å². The third-order valence-corrected chi connectivity index (χ3v) is 4.40. The maximum Gasteiger partial charge on any atom is 0.335 e. The van der Waals surface area contributed by atoms with Crippen LogP contribution in [0.15, 0.2) is 48.5 Å². The number of hydrogen-bond acceptors (Lipinski definition) is 2. The molecule has 25 heavy (non-hydrogen) atoms. The second-order valence-corrected chi connectivity index (χ2v) is 6.48. The third-order valence-electron chi connectivity index (χ3n) is 4.40. The SMILES string of the molecule is O=C(O)c1ccccc1CC(=O)N(Cc1ccc(F)cc1)CC1CC1. The Morgan fingerprint density at radius 2 is 1.76 bits per heavy atom. The average molecular weight is 341 g/mol. The van der Waals surface area contributed by atoms with E-state index in [4.69, 9.17) is 0 Å². The van der Waals surface area contributed by atoms with Gasteiger partial charge < -0.3 is 10.0 Å². The Morgan fingerprint density at radius 3 is 2.40 bits per heavy atom. The molecule has 0 unspecified atom stereocenters. The molecule has 1 saturated carbocycles. The van der Waals surface area contributed by atoms with E-state index in [0.717, 1.165) is 18.4 Å². The van der Waals surface area contributed by atoms with Gasteiger partial charge >= 0.3 is 5.97 Å². The van der Waals surface area contributed by atoms with Crippen molar-refractivity contribution in [3.8, 4) is 0 Å². The number of carboxylic acid groups (broad SMARTS) is 1. The van der Waals surface area contributed by atoms with Gasteiger partial charge in [-0.1, -0.05) is 30.3 Å². The number of rotatable bonds is 7. The zero-order valence-electron chi connectivity index (χ0n) is 13.8. The summed E-state index contributed by atoms with van der Waals surface area (Å²) in [5.74, 6) is -0.932. The monoisotopic (exact) mass is 341 g/mol. The number of carboxylic acids is 1. The second-order valence-electron chi connectivity index (χ2n) is 6.48. The third kappa shape index (κ3) is 4.66. The molecule has 1 fully saturated rings. The van der Waals surface area contributed by atoms with Crippen LogP contribution in [-0.2, 0) is 17.8 Å². The highest BCUT2D eigenvalue weighted by Gasteiger charge is 2.27. The molecule has 0 aliphatic heterocycles. The molecule has 1 aliphatic rings. The standard InChI is InChI=1S/C20H20FNO3/c21-17-9-7-15(8-10-17)13-22(12-14-5-6-14)19(23)11-16-3-1-2-4-18(16)20(24)25/h1-4,7-10,14H,5-6,11-13H2,(H,24,25). The van der Waals surface area contributed by atoms with Gasteiger partial charge in [-0.3, -0.25) is 4.79 Å². The van der Waals surface area contributed by atoms with Gasteiger partial charge in [0.1, 0.15) is 5.82 Å². The molecular weight excluding hydrogens is 321 g/mol. The van der Waals surface area contributed by atoms with E-state index in [-0.39, 0.29) is 23.7 Å². The van der Waals surface area contributed by atoms with Crippen LogP contribution in [0.4, 0.5) is 4.39 Å². The summed E-state index contributed by atoms with van der Waals surface area (Å²) in [6.45, 7) is 1.07. The smallest absolute Gasteiger partial charge is 0.335 e. The van der Waals surface area contributed by atoms with Gasteiger partial charge in [0.15, 0.2) is 0 Å². The largest absolute Gasteiger partial charge is 0.478 e. The lowest BCUT2D eigenvalue weighted by molar-refractivity contribution is -0.131. The van der Waals surface area contributed by atoms with Gasteiger partial charge in [-0.15, -0.1) is 0 Å². The molecule has 2 aromatic rings. The summed E-state index contributed by atoms with van der Waals surface area (Å²) in [5, 5.41) is 9.27. The van der Waals surface area contributed by atoms with E-state index < -0.39 is 5.97 Å². The highest BCUT2D eigenvalue weighted by atomic mass is 19.1.